The highest BCUT2D eigenvalue weighted by molar-refractivity contribution is 6.33. The van der Waals surface area contributed by atoms with Crippen LogP contribution in [0.1, 0.15) is 26.4 Å². The molecule has 1 aliphatic rings. The minimum absolute atomic E-state index is 0.0578. The summed E-state index contributed by atoms with van der Waals surface area (Å²) in [4.78, 5) is 40.9. The molecule has 0 saturated carbocycles. The van der Waals surface area contributed by atoms with Gasteiger partial charge in [-0.2, -0.15) is 13.2 Å². The van der Waals surface area contributed by atoms with Gasteiger partial charge in [-0.05, 0) is 30.3 Å². The van der Waals surface area contributed by atoms with Crippen molar-refractivity contribution in [3.05, 3.63) is 58.4 Å². The van der Waals surface area contributed by atoms with Crippen LogP contribution < -0.4 is 5.32 Å². The lowest BCUT2D eigenvalue weighted by molar-refractivity contribution is -0.137. The minimum Gasteiger partial charge on any atom is -0.323 e. The predicted molar refractivity (Wildman–Crippen MR) is 84.7 cm³/mol. The third-order valence-electron chi connectivity index (χ3n) is 3.60. The van der Waals surface area contributed by atoms with E-state index in [1.54, 1.807) is 0 Å². The zero-order valence-electron chi connectivity index (χ0n) is 12.8. The summed E-state index contributed by atoms with van der Waals surface area (Å²) in [5.74, 6) is -2.33. The molecule has 0 fully saturated rings. The number of anilines is 1. The number of alkyl halides is 3. The monoisotopic (exact) mass is 383 g/mol. The number of benzene rings is 1. The molecule has 134 valence electrons. The molecule has 1 N–H and O–H groups in total. The van der Waals surface area contributed by atoms with Crippen molar-refractivity contribution < 1.29 is 27.6 Å². The molecule has 0 bridgehead atoms. The van der Waals surface area contributed by atoms with E-state index in [9.17, 15) is 27.6 Å². The summed E-state index contributed by atoms with van der Waals surface area (Å²) >= 11 is 5.80. The smallest absolute Gasteiger partial charge is 0.323 e. The Morgan fingerprint density at radius 2 is 1.92 bits per heavy atom. The lowest BCUT2D eigenvalue weighted by Crippen LogP contribution is -2.37. The first kappa shape index (κ1) is 17.9. The second-order valence-electron chi connectivity index (χ2n) is 5.34. The molecule has 6 nitrogen and oxygen atoms in total. The van der Waals surface area contributed by atoms with Gasteiger partial charge in [0.25, 0.3) is 11.8 Å². The normalized spacial score (nSPS) is 13.8. The highest BCUT2D eigenvalue weighted by Crippen LogP contribution is 2.33. The molecular weight excluding hydrogens is 375 g/mol. The molecular formula is C16H9ClF3N3O3. The predicted octanol–water partition coefficient (Wildman–Crippen LogP) is 2.99. The van der Waals surface area contributed by atoms with Crippen LogP contribution in [0.5, 0.6) is 0 Å². The lowest BCUT2D eigenvalue weighted by Gasteiger charge is -2.15. The Morgan fingerprint density at radius 1 is 1.19 bits per heavy atom. The van der Waals surface area contributed by atoms with Gasteiger partial charge in [-0.25, -0.2) is 0 Å². The van der Waals surface area contributed by atoms with E-state index in [2.05, 4.69) is 10.3 Å². The highest BCUT2D eigenvalue weighted by Gasteiger charge is 2.38. The number of aromatic nitrogens is 1. The number of hydrogen-bond donors (Lipinski definition) is 1. The summed E-state index contributed by atoms with van der Waals surface area (Å²) < 4.78 is 38.3. The van der Waals surface area contributed by atoms with E-state index in [1.165, 1.54) is 18.3 Å². The topological polar surface area (TPSA) is 79.4 Å². The van der Waals surface area contributed by atoms with Gasteiger partial charge in [-0.3, -0.25) is 24.3 Å². The van der Waals surface area contributed by atoms with Gasteiger partial charge in [0.2, 0.25) is 5.91 Å². The summed E-state index contributed by atoms with van der Waals surface area (Å²) in [5, 5.41) is 2.06. The number of halogens is 4. The average Bonchev–Trinajstić information content (AvgIpc) is 2.81. The fraction of sp³-hybridized carbons (Fsp3) is 0.125. The number of imide groups is 1. The van der Waals surface area contributed by atoms with Crippen molar-refractivity contribution >= 4 is 35.0 Å². The van der Waals surface area contributed by atoms with E-state index >= 15 is 0 Å². The Labute approximate surface area is 149 Å². The third kappa shape index (κ3) is 3.25. The van der Waals surface area contributed by atoms with Gasteiger partial charge in [-0.1, -0.05) is 11.6 Å². The second kappa shape index (κ2) is 6.41. The first-order chi connectivity index (χ1) is 12.2. The fourth-order valence-corrected chi connectivity index (χ4v) is 2.55. The Hall–Kier alpha value is -2.94. The summed E-state index contributed by atoms with van der Waals surface area (Å²) in [6, 6.07) is 5.30. The van der Waals surface area contributed by atoms with Crippen LogP contribution in [0.2, 0.25) is 5.02 Å². The Kier molecular flexibility index (Phi) is 4.41. The van der Waals surface area contributed by atoms with Crippen molar-refractivity contribution in [1.82, 2.24) is 9.88 Å². The van der Waals surface area contributed by atoms with Crippen molar-refractivity contribution in [1.29, 1.82) is 0 Å². The maximum absolute atomic E-state index is 12.8. The summed E-state index contributed by atoms with van der Waals surface area (Å²) in [5.41, 5.74) is -1.30. The van der Waals surface area contributed by atoms with Crippen LogP contribution in [0.3, 0.4) is 0 Å². The molecule has 1 aromatic carbocycles. The molecule has 0 saturated heterocycles. The summed E-state index contributed by atoms with van der Waals surface area (Å²) in [6.45, 7) is -0.680. The summed E-state index contributed by atoms with van der Waals surface area (Å²) in [6.07, 6.45) is -3.28. The van der Waals surface area contributed by atoms with Crippen LogP contribution >= 0.6 is 11.6 Å². The number of carbonyl (C=O) groups is 3. The molecule has 0 spiro atoms. The molecule has 0 aliphatic carbocycles. The first-order valence-electron chi connectivity index (χ1n) is 7.16. The number of nitrogens with one attached hydrogen (secondary N) is 1. The third-order valence-corrected chi connectivity index (χ3v) is 3.93. The van der Waals surface area contributed by atoms with Gasteiger partial charge in [0, 0.05) is 6.20 Å². The fourth-order valence-electron chi connectivity index (χ4n) is 2.39. The quantitative estimate of drug-likeness (QED) is 0.826. The van der Waals surface area contributed by atoms with Gasteiger partial charge in [0.05, 0.1) is 21.8 Å². The zero-order chi connectivity index (χ0) is 19.1. The molecule has 2 aromatic rings. The number of pyridine rings is 1. The molecule has 0 atom stereocenters. The van der Waals surface area contributed by atoms with E-state index in [4.69, 9.17) is 11.6 Å². The van der Waals surface area contributed by atoms with Crippen LogP contribution in [-0.2, 0) is 11.0 Å². The maximum Gasteiger partial charge on any atom is 0.416 e. The SMILES string of the molecule is O=C(CN1C(=O)c2cccnc2C1=O)Nc1cc(C(F)(F)F)ccc1Cl. The Bertz CT molecular complexity index is 895. The Balaban J connectivity index is 1.77. The van der Waals surface area contributed by atoms with Gasteiger partial charge in [0.15, 0.2) is 0 Å². The zero-order valence-corrected chi connectivity index (χ0v) is 13.6. The Morgan fingerprint density at radius 3 is 2.58 bits per heavy atom. The van der Waals surface area contributed by atoms with Crippen molar-refractivity contribution in [3.8, 4) is 0 Å². The van der Waals surface area contributed by atoms with Gasteiger partial charge in [0.1, 0.15) is 12.2 Å². The molecule has 3 rings (SSSR count). The van der Waals surface area contributed by atoms with Crippen LogP contribution in [-0.4, -0.2) is 34.2 Å². The van der Waals surface area contributed by atoms with E-state index in [0.29, 0.717) is 11.0 Å². The number of amides is 3. The van der Waals surface area contributed by atoms with Crippen LogP contribution in [0.15, 0.2) is 36.5 Å². The number of nitrogens with zero attached hydrogens (tertiary/aromatic N) is 2. The molecule has 1 aromatic heterocycles. The second-order valence-corrected chi connectivity index (χ2v) is 5.74. The van der Waals surface area contributed by atoms with Gasteiger partial charge >= 0.3 is 6.18 Å². The van der Waals surface area contributed by atoms with Gasteiger partial charge in [-0.15, -0.1) is 0 Å². The first-order valence-corrected chi connectivity index (χ1v) is 7.54. The number of fused-ring (bicyclic) bond motifs is 1. The maximum atomic E-state index is 12.8. The lowest BCUT2D eigenvalue weighted by atomic mass is 10.2. The molecule has 0 radical (unpaired) electrons. The van der Waals surface area contributed by atoms with Gasteiger partial charge < -0.3 is 5.32 Å². The highest BCUT2D eigenvalue weighted by atomic mass is 35.5. The molecule has 26 heavy (non-hydrogen) atoms. The molecule has 1 aliphatic heterocycles. The molecule has 0 unspecified atom stereocenters. The number of rotatable bonds is 3. The van der Waals surface area contributed by atoms with Crippen molar-refractivity contribution in [3.63, 3.8) is 0 Å². The molecule has 2 heterocycles. The standard InChI is InChI=1S/C16H9ClF3N3O3/c17-10-4-3-8(16(18,19)20)6-11(10)22-12(24)7-23-14(25)9-2-1-5-21-13(9)15(23)26/h1-6H,7H2,(H,22,24). The number of hydrogen-bond acceptors (Lipinski definition) is 4. The van der Waals surface area contributed by atoms with E-state index in [0.717, 1.165) is 12.1 Å². The van der Waals surface area contributed by atoms with E-state index in [-0.39, 0.29) is 22.0 Å². The average molecular weight is 384 g/mol. The van der Waals surface area contributed by atoms with Crippen molar-refractivity contribution in [2.24, 2.45) is 0 Å². The number of carbonyl (C=O) groups excluding carboxylic acids is 3. The molecule has 3 amide bonds. The molecule has 10 heteroatoms. The largest absolute Gasteiger partial charge is 0.416 e. The van der Waals surface area contributed by atoms with Crippen LogP contribution in [0.4, 0.5) is 18.9 Å². The minimum atomic E-state index is -4.61. The summed E-state index contributed by atoms with van der Waals surface area (Å²) in [7, 11) is 0. The van der Waals surface area contributed by atoms with Crippen molar-refractivity contribution in [2.45, 2.75) is 6.18 Å². The van der Waals surface area contributed by atoms with E-state index in [1.807, 2.05) is 0 Å². The van der Waals surface area contributed by atoms with E-state index < -0.39 is 36.0 Å². The van der Waals surface area contributed by atoms with Crippen LogP contribution in [0.25, 0.3) is 0 Å². The van der Waals surface area contributed by atoms with Crippen molar-refractivity contribution in [2.75, 3.05) is 11.9 Å². The van der Waals surface area contributed by atoms with Crippen LogP contribution in [0, 0.1) is 0 Å².